The van der Waals surface area contributed by atoms with E-state index in [1.807, 2.05) is 0 Å². The molecule has 2 unspecified atom stereocenters. The highest BCUT2D eigenvalue weighted by molar-refractivity contribution is 7.92. The molecule has 0 radical (unpaired) electrons. The zero-order chi connectivity index (χ0) is 28.2. The number of alkyl halides is 3. The van der Waals surface area contributed by atoms with Crippen LogP contribution in [-0.4, -0.2) is 41.3 Å². The first-order valence-corrected chi connectivity index (χ1v) is 14.4. The number of pyridine rings is 1. The summed E-state index contributed by atoms with van der Waals surface area (Å²) >= 11 is 0. The zero-order valence-electron chi connectivity index (χ0n) is 19.7. The van der Waals surface area contributed by atoms with Crippen LogP contribution in [-0.2, 0) is 21.1 Å². The van der Waals surface area contributed by atoms with E-state index in [0.717, 1.165) is 42.0 Å². The molecule has 10 nitrogen and oxygen atoms in total. The second-order valence-electron chi connectivity index (χ2n) is 8.80. The number of sulfonamides is 1. The van der Waals surface area contributed by atoms with Gasteiger partial charge in [0.2, 0.25) is 10.0 Å². The van der Waals surface area contributed by atoms with Crippen LogP contribution in [0.5, 0.6) is 5.75 Å². The molecule has 3 aromatic rings. The fraction of sp³-hybridized carbons (Fsp3) is 0.273. The van der Waals surface area contributed by atoms with Crippen LogP contribution in [0.15, 0.2) is 46.0 Å². The van der Waals surface area contributed by atoms with Crippen LogP contribution in [0.4, 0.5) is 28.9 Å². The van der Waals surface area contributed by atoms with Gasteiger partial charge in [-0.05, 0) is 42.8 Å². The molecule has 0 spiro atoms. The number of aryl methyl sites for hydroxylation is 1. The number of aromatic hydroxyl groups is 1. The predicted octanol–water partition coefficient (Wildman–Crippen LogP) is 3.49. The van der Waals surface area contributed by atoms with Crippen molar-refractivity contribution in [2.24, 2.45) is 10.7 Å². The normalized spacial score (nSPS) is 18.4. The largest absolute Gasteiger partial charge is 0.506 e. The number of hydrogen-bond acceptors (Lipinski definition) is 6. The van der Waals surface area contributed by atoms with Gasteiger partial charge in [-0.3, -0.25) is 14.1 Å². The van der Waals surface area contributed by atoms with Gasteiger partial charge in [0.25, 0.3) is 5.56 Å². The van der Waals surface area contributed by atoms with E-state index in [4.69, 9.17) is 0 Å². The van der Waals surface area contributed by atoms with Gasteiger partial charge < -0.3 is 19.9 Å². The molecule has 4 rings (SSSR count). The third-order valence-electron chi connectivity index (χ3n) is 5.89. The molecule has 1 aromatic heterocycles. The van der Waals surface area contributed by atoms with Crippen LogP contribution < -0.4 is 20.9 Å². The monoisotopic (exact) mass is 576 g/mol. The highest BCUT2D eigenvalue weighted by Crippen LogP contribution is 2.47. The number of benzene rings is 2. The lowest BCUT2D eigenvalue weighted by molar-refractivity contribution is -0.171. The van der Waals surface area contributed by atoms with E-state index in [2.05, 4.69) is 14.8 Å². The summed E-state index contributed by atoms with van der Waals surface area (Å²) in [7, 11) is -8.37. The molecule has 2 atom stereocenters. The van der Waals surface area contributed by atoms with E-state index in [9.17, 15) is 45.3 Å². The molecule has 0 amide bonds. The first-order valence-electron chi connectivity index (χ1n) is 10.9. The Morgan fingerprint density at radius 2 is 1.89 bits per heavy atom. The summed E-state index contributed by atoms with van der Waals surface area (Å²) in [4.78, 5) is 24.1. The summed E-state index contributed by atoms with van der Waals surface area (Å²) in [6.45, 7) is 0.475. The van der Waals surface area contributed by atoms with E-state index in [0.29, 0.717) is 0 Å². The first-order chi connectivity index (χ1) is 17.5. The van der Waals surface area contributed by atoms with Crippen molar-refractivity contribution < 1.29 is 40.5 Å². The van der Waals surface area contributed by atoms with E-state index < -0.39 is 71.1 Å². The highest BCUT2D eigenvalue weighted by atomic mass is 32.2. The molecule has 204 valence electrons. The van der Waals surface area contributed by atoms with Crippen molar-refractivity contribution in [3.63, 3.8) is 0 Å². The van der Waals surface area contributed by atoms with E-state index >= 15 is 0 Å². The molecule has 4 N–H and O–H groups in total. The zero-order valence-corrected chi connectivity index (χ0v) is 21.5. The molecule has 0 bridgehead atoms. The van der Waals surface area contributed by atoms with Gasteiger partial charge in [-0.15, -0.1) is 0 Å². The average molecular weight is 576 g/mol. The van der Waals surface area contributed by atoms with Gasteiger partial charge in [0.05, 0.1) is 28.7 Å². The highest BCUT2D eigenvalue weighted by Gasteiger charge is 2.36. The van der Waals surface area contributed by atoms with Gasteiger partial charge in [0, 0.05) is 17.6 Å². The molecule has 0 saturated heterocycles. The fourth-order valence-corrected chi connectivity index (χ4v) is 5.78. The molecular formula is C22H21F4N4O6PS. The standard InChI is InChI=1S/C22H21F4N4O6PS/c1-11(22(24,25)26)7-8-30-16-6-3-12(23)9-14(16)19(31)18(21(30)32)20-27-15-5-4-13(29-38(2,35)36)10-17(15)37(33,34)28-20/h3-6,9-11,29,31H,7-8H2,1-2H3,(H2,27,28,33,34). The maximum Gasteiger partial charge on any atom is 0.391 e. The summed E-state index contributed by atoms with van der Waals surface area (Å²) in [6, 6.07) is 6.55. The second kappa shape index (κ2) is 9.40. The molecule has 2 aromatic carbocycles. The maximum absolute atomic E-state index is 14.0. The number of hydrogen-bond donors (Lipinski definition) is 4. The molecule has 1 aliphatic heterocycles. The maximum atomic E-state index is 14.0. The molecule has 16 heteroatoms. The number of rotatable bonds is 6. The SMILES string of the molecule is CC(CCn1c(=O)c(C2=NP(=O)(O)c3cc(NS(C)(=O)=O)ccc3N2)c(O)c2cc(F)ccc21)C(F)(F)F. The van der Waals surface area contributed by atoms with Crippen molar-refractivity contribution in [1.82, 2.24) is 4.57 Å². The van der Waals surface area contributed by atoms with Gasteiger partial charge in [-0.25, -0.2) is 12.8 Å². The van der Waals surface area contributed by atoms with Crippen molar-refractivity contribution >= 4 is 51.0 Å². The second-order valence-corrected chi connectivity index (χ2v) is 12.3. The number of anilines is 2. The smallest absolute Gasteiger partial charge is 0.391 e. The van der Waals surface area contributed by atoms with Crippen LogP contribution in [0.2, 0.25) is 0 Å². The van der Waals surface area contributed by atoms with Crippen molar-refractivity contribution in [2.75, 3.05) is 16.3 Å². The Labute approximate surface area is 213 Å². The van der Waals surface area contributed by atoms with Crippen molar-refractivity contribution in [1.29, 1.82) is 0 Å². The summed E-state index contributed by atoms with van der Waals surface area (Å²) in [5, 5.41) is 13.0. The summed E-state index contributed by atoms with van der Waals surface area (Å²) in [5.41, 5.74) is -1.81. The molecule has 38 heavy (non-hydrogen) atoms. The minimum atomic E-state index is -4.66. The van der Waals surface area contributed by atoms with Crippen LogP contribution >= 0.6 is 7.52 Å². The minimum Gasteiger partial charge on any atom is -0.506 e. The lowest BCUT2D eigenvalue weighted by Gasteiger charge is -2.24. The van der Waals surface area contributed by atoms with Crippen LogP contribution in [0, 0.1) is 11.7 Å². The molecule has 2 heterocycles. The van der Waals surface area contributed by atoms with Gasteiger partial charge in [-0.1, -0.05) is 6.92 Å². The van der Waals surface area contributed by atoms with Crippen LogP contribution in [0.1, 0.15) is 18.9 Å². The molecule has 1 aliphatic rings. The van der Waals surface area contributed by atoms with Crippen molar-refractivity contribution in [3.8, 4) is 5.75 Å². The topological polar surface area (TPSA) is 150 Å². The van der Waals surface area contributed by atoms with Crippen LogP contribution in [0.25, 0.3) is 10.9 Å². The summed E-state index contributed by atoms with van der Waals surface area (Å²) < 4.78 is 96.2. The Morgan fingerprint density at radius 1 is 1.21 bits per heavy atom. The number of amidine groups is 1. The van der Waals surface area contributed by atoms with Gasteiger partial charge in [-0.2, -0.15) is 17.9 Å². The first kappa shape index (κ1) is 27.6. The Kier molecular flexibility index (Phi) is 6.83. The van der Waals surface area contributed by atoms with E-state index in [1.165, 1.54) is 12.1 Å². The lowest BCUT2D eigenvalue weighted by atomic mass is 10.1. The van der Waals surface area contributed by atoms with Gasteiger partial charge >= 0.3 is 13.7 Å². The summed E-state index contributed by atoms with van der Waals surface area (Å²) in [6.07, 6.45) is -4.17. The minimum absolute atomic E-state index is 0.0360. The number of nitrogens with one attached hydrogen (secondary N) is 2. The Morgan fingerprint density at radius 3 is 2.53 bits per heavy atom. The molecule has 0 aliphatic carbocycles. The summed E-state index contributed by atoms with van der Waals surface area (Å²) in [5.74, 6) is -3.96. The molecule has 0 fully saturated rings. The van der Waals surface area contributed by atoms with Crippen molar-refractivity contribution in [2.45, 2.75) is 26.1 Å². The Bertz CT molecular complexity index is 1700. The van der Waals surface area contributed by atoms with Crippen LogP contribution in [0.3, 0.4) is 0 Å². The van der Waals surface area contributed by atoms with E-state index in [1.54, 1.807) is 0 Å². The van der Waals surface area contributed by atoms with Crippen molar-refractivity contribution in [3.05, 3.63) is 58.1 Å². The fourth-order valence-electron chi connectivity index (χ4n) is 3.95. The number of aromatic nitrogens is 1. The molecule has 0 saturated carbocycles. The number of halogens is 4. The number of nitrogens with zero attached hydrogens (tertiary/aromatic N) is 2. The number of fused-ring (bicyclic) bond motifs is 2. The lowest BCUT2D eigenvalue weighted by Crippen LogP contribution is -2.34. The molecular weight excluding hydrogens is 555 g/mol. The van der Waals surface area contributed by atoms with Gasteiger partial charge in [0.1, 0.15) is 17.1 Å². The Balaban J connectivity index is 1.87. The average Bonchev–Trinajstić information content (AvgIpc) is 2.77. The quantitative estimate of drug-likeness (QED) is 0.259. The Hall–Kier alpha value is -3.42. The van der Waals surface area contributed by atoms with E-state index in [-0.39, 0.29) is 27.6 Å². The third-order valence-corrected chi connectivity index (χ3v) is 7.96. The third kappa shape index (κ3) is 5.40. The van der Waals surface area contributed by atoms with Gasteiger partial charge in [0.15, 0.2) is 5.84 Å². The predicted molar refractivity (Wildman–Crippen MR) is 134 cm³/mol.